The number of nitrogens with zero attached hydrogens (tertiary/aromatic N) is 3. The van der Waals surface area contributed by atoms with E-state index in [1.54, 1.807) is 30.3 Å². The van der Waals surface area contributed by atoms with Gasteiger partial charge in [-0.1, -0.05) is 23.7 Å². The molecule has 0 spiro atoms. The van der Waals surface area contributed by atoms with Crippen molar-refractivity contribution in [2.75, 3.05) is 59.5 Å². The van der Waals surface area contributed by atoms with Gasteiger partial charge in [0.15, 0.2) is 0 Å². The Morgan fingerprint density at radius 1 is 1.05 bits per heavy atom. The molecule has 4 rings (SSSR count). The fourth-order valence-electron chi connectivity index (χ4n) is 4.59. The molecule has 2 fully saturated rings. The number of carbonyl (C=O) groups excluding carboxylic acids is 1. The molecule has 2 heterocycles. The highest BCUT2D eigenvalue weighted by Gasteiger charge is 2.41. The van der Waals surface area contributed by atoms with E-state index in [2.05, 4.69) is 14.5 Å². The molecule has 11 heteroatoms. The topological polar surface area (TPSA) is 54.5 Å². The van der Waals surface area contributed by atoms with Gasteiger partial charge in [-0.2, -0.15) is 0 Å². The summed E-state index contributed by atoms with van der Waals surface area (Å²) in [7, 11) is 2.03. The number of ether oxygens (including phenoxy) is 3. The molecule has 2 aliphatic heterocycles. The lowest BCUT2D eigenvalue weighted by Crippen LogP contribution is -2.58. The smallest absolute Gasteiger partial charge is 0.491 e. The number of piperazine rings is 1. The van der Waals surface area contributed by atoms with Crippen LogP contribution >= 0.6 is 11.6 Å². The highest BCUT2D eigenvalue weighted by Crippen LogP contribution is 2.28. The van der Waals surface area contributed by atoms with Gasteiger partial charge in [0.05, 0.1) is 13.0 Å². The van der Waals surface area contributed by atoms with Crippen molar-refractivity contribution < 1.29 is 32.2 Å². The molecule has 0 saturated carbocycles. The number of carbonyl (C=O) groups is 1. The number of amides is 1. The van der Waals surface area contributed by atoms with Gasteiger partial charge >= 0.3 is 6.36 Å². The van der Waals surface area contributed by atoms with Crippen LogP contribution in [0.5, 0.6) is 11.5 Å². The van der Waals surface area contributed by atoms with Gasteiger partial charge in [-0.05, 0) is 49.0 Å². The van der Waals surface area contributed by atoms with E-state index in [0.29, 0.717) is 55.7 Å². The van der Waals surface area contributed by atoms with Crippen LogP contribution in [0.4, 0.5) is 13.2 Å². The molecule has 1 amide bonds. The average molecular weight is 542 g/mol. The third-order valence-electron chi connectivity index (χ3n) is 6.51. The average Bonchev–Trinajstić information content (AvgIpc) is 2.83. The molecule has 2 aromatic carbocycles. The Kier molecular flexibility index (Phi) is 8.84. The Morgan fingerprint density at radius 2 is 1.78 bits per heavy atom. The summed E-state index contributed by atoms with van der Waals surface area (Å²) >= 11 is 5.98. The van der Waals surface area contributed by atoms with E-state index in [4.69, 9.17) is 21.1 Å². The highest BCUT2D eigenvalue weighted by molar-refractivity contribution is 6.30. The Balaban J connectivity index is 1.47. The Hall–Kier alpha value is -2.53. The Labute approximate surface area is 219 Å². The van der Waals surface area contributed by atoms with Gasteiger partial charge in [0, 0.05) is 50.8 Å². The minimum atomic E-state index is -4.75. The lowest BCUT2D eigenvalue weighted by molar-refractivity contribution is -0.274. The maximum absolute atomic E-state index is 13.3. The summed E-state index contributed by atoms with van der Waals surface area (Å²) in [5, 5.41) is 0.587. The summed E-state index contributed by atoms with van der Waals surface area (Å²) in [6, 6.07) is 12.9. The van der Waals surface area contributed by atoms with Gasteiger partial charge in [-0.15, -0.1) is 13.2 Å². The summed E-state index contributed by atoms with van der Waals surface area (Å²) < 4.78 is 54.3. The Bertz CT molecular complexity index is 1050. The van der Waals surface area contributed by atoms with Gasteiger partial charge in [0.25, 0.3) is 0 Å². The molecule has 2 aliphatic rings. The lowest BCUT2D eigenvalue weighted by atomic mass is 9.96. The van der Waals surface area contributed by atoms with Crippen LogP contribution in [0.1, 0.15) is 12.0 Å². The summed E-state index contributed by atoms with van der Waals surface area (Å²) in [5.41, 5.74) is -0.250. The van der Waals surface area contributed by atoms with Crippen LogP contribution in [-0.2, 0) is 16.1 Å². The van der Waals surface area contributed by atoms with Crippen molar-refractivity contribution in [1.29, 1.82) is 0 Å². The van der Waals surface area contributed by atoms with E-state index in [0.717, 1.165) is 13.1 Å². The van der Waals surface area contributed by atoms with Crippen LogP contribution in [0.2, 0.25) is 5.02 Å². The van der Waals surface area contributed by atoms with Gasteiger partial charge in [0.1, 0.15) is 23.7 Å². The zero-order chi connectivity index (χ0) is 26.5. The minimum Gasteiger partial charge on any atom is -0.491 e. The minimum absolute atomic E-state index is 0.00442. The van der Waals surface area contributed by atoms with Crippen molar-refractivity contribution in [1.82, 2.24) is 14.7 Å². The monoisotopic (exact) mass is 541 g/mol. The third-order valence-corrected chi connectivity index (χ3v) is 6.76. The van der Waals surface area contributed by atoms with Crippen LogP contribution in [-0.4, -0.2) is 92.1 Å². The molecule has 1 unspecified atom stereocenters. The maximum Gasteiger partial charge on any atom is 0.573 e. The standard InChI is InChI=1S/C26H31ClF3N3O4/c1-31-9-11-33(12-10-31)24(34)16-25(19-35-22-7-5-21(27)6-8-22)18-32(13-14-36-25)17-20-3-2-4-23(15-20)37-26(28,29)30/h2-8,15H,9-14,16-19H2,1H3. The zero-order valence-electron chi connectivity index (χ0n) is 20.7. The first-order valence-corrected chi connectivity index (χ1v) is 12.5. The van der Waals surface area contributed by atoms with Crippen molar-refractivity contribution in [3.63, 3.8) is 0 Å². The Morgan fingerprint density at radius 3 is 2.49 bits per heavy atom. The number of rotatable bonds is 8. The number of morpholine rings is 1. The predicted molar refractivity (Wildman–Crippen MR) is 133 cm³/mol. The summed E-state index contributed by atoms with van der Waals surface area (Å²) in [6.45, 7) is 4.75. The van der Waals surface area contributed by atoms with Crippen molar-refractivity contribution in [2.24, 2.45) is 0 Å². The molecule has 2 aromatic rings. The molecule has 0 bridgehead atoms. The summed E-state index contributed by atoms with van der Waals surface area (Å²) in [4.78, 5) is 19.4. The van der Waals surface area contributed by atoms with E-state index in [9.17, 15) is 18.0 Å². The zero-order valence-corrected chi connectivity index (χ0v) is 21.4. The van der Waals surface area contributed by atoms with Crippen molar-refractivity contribution in [2.45, 2.75) is 24.9 Å². The van der Waals surface area contributed by atoms with Gasteiger partial charge in [0.2, 0.25) is 5.91 Å². The van der Waals surface area contributed by atoms with E-state index < -0.39 is 12.0 Å². The molecular weight excluding hydrogens is 511 g/mol. The van der Waals surface area contributed by atoms with Crippen molar-refractivity contribution in [3.05, 3.63) is 59.1 Å². The molecule has 202 valence electrons. The number of hydrogen-bond acceptors (Lipinski definition) is 6. The maximum atomic E-state index is 13.3. The van der Waals surface area contributed by atoms with Crippen molar-refractivity contribution in [3.8, 4) is 11.5 Å². The van der Waals surface area contributed by atoms with E-state index >= 15 is 0 Å². The molecule has 7 nitrogen and oxygen atoms in total. The summed E-state index contributed by atoms with van der Waals surface area (Å²) in [6.07, 6.45) is -4.62. The second-order valence-corrected chi connectivity index (χ2v) is 9.98. The van der Waals surface area contributed by atoms with Crippen LogP contribution < -0.4 is 9.47 Å². The van der Waals surface area contributed by atoms with Crippen LogP contribution in [0, 0.1) is 0 Å². The third kappa shape index (κ3) is 8.23. The summed E-state index contributed by atoms with van der Waals surface area (Å²) in [5.74, 6) is 0.338. The van der Waals surface area contributed by atoms with Gasteiger partial charge in [-0.25, -0.2) is 0 Å². The second kappa shape index (κ2) is 11.9. The van der Waals surface area contributed by atoms with E-state index in [-0.39, 0.29) is 24.7 Å². The van der Waals surface area contributed by atoms with Crippen LogP contribution in [0.25, 0.3) is 0 Å². The number of alkyl halides is 3. The number of hydrogen-bond donors (Lipinski definition) is 0. The van der Waals surface area contributed by atoms with E-state index in [1.165, 1.54) is 18.2 Å². The molecule has 2 saturated heterocycles. The molecule has 37 heavy (non-hydrogen) atoms. The first kappa shape index (κ1) is 27.5. The largest absolute Gasteiger partial charge is 0.573 e. The van der Waals surface area contributed by atoms with Crippen LogP contribution in [0.15, 0.2) is 48.5 Å². The highest BCUT2D eigenvalue weighted by atomic mass is 35.5. The quantitative estimate of drug-likeness (QED) is 0.503. The SMILES string of the molecule is CN1CCN(C(=O)CC2(COc3ccc(Cl)cc3)CN(Cc3cccc(OC(F)(F)F)c3)CCO2)CC1. The number of likely N-dealkylation sites (N-methyl/N-ethyl adjacent to an activating group) is 1. The lowest BCUT2D eigenvalue weighted by Gasteiger charge is -2.43. The molecular formula is C26H31ClF3N3O4. The number of benzene rings is 2. The van der Waals surface area contributed by atoms with Crippen LogP contribution in [0.3, 0.4) is 0 Å². The molecule has 0 aliphatic carbocycles. The van der Waals surface area contributed by atoms with Gasteiger partial charge in [-0.3, -0.25) is 9.69 Å². The number of halogens is 4. The van der Waals surface area contributed by atoms with Gasteiger partial charge < -0.3 is 24.0 Å². The molecule has 1 atom stereocenters. The second-order valence-electron chi connectivity index (χ2n) is 9.54. The fourth-order valence-corrected chi connectivity index (χ4v) is 4.72. The molecule has 0 N–H and O–H groups in total. The van der Waals surface area contributed by atoms with E-state index in [1.807, 2.05) is 11.9 Å². The first-order valence-electron chi connectivity index (χ1n) is 12.1. The molecule has 0 aromatic heterocycles. The molecule has 0 radical (unpaired) electrons. The fraction of sp³-hybridized carbons (Fsp3) is 0.500. The predicted octanol–water partition coefficient (Wildman–Crippen LogP) is 4.05. The first-order chi connectivity index (χ1) is 17.6. The normalized spacial score (nSPS) is 21.6. The van der Waals surface area contributed by atoms with Crippen molar-refractivity contribution >= 4 is 17.5 Å².